The maximum atomic E-state index is 13.6. The number of rotatable bonds is 6. The van der Waals surface area contributed by atoms with Gasteiger partial charge in [0.2, 0.25) is 15.9 Å². The van der Waals surface area contributed by atoms with Crippen molar-refractivity contribution in [2.24, 2.45) is 0 Å². The first-order chi connectivity index (χ1) is 14.4. The van der Waals surface area contributed by atoms with E-state index in [1.807, 2.05) is 48.5 Å². The second-order valence-electron chi connectivity index (χ2n) is 7.27. The van der Waals surface area contributed by atoms with Crippen LogP contribution in [0.3, 0.4) is 0 Å². The fraction of sp³-hybridized carbons (Fsp3) is 0.333. The summed E-state index contributed by atoms with van der Waals surface area (Å²) in [4.78, 5) is 19.9. The first-order valence-corrected chi connectivity index (χ1v) is 12.3. The number of sulfonamides is 1. The normalized spacial score (nSPS) is 17.3. The molecule has 0 saturated carbocycles. The number of methoxy groups -OCH3 is 1. The van der Waals surface area contributed by atoms with Crippen LogP contribution < -0.4 is 9.64 Å². The van der Waals surface area contributed by atoms with Crippen molar-refractivity contribution in [2.45, 2.75) is 25.4 Å². The smallest absolute Gasteiger partial charge is 0.247 e. The summed E-state index contributed by atoms with van der Waals surface area (Å²) in [6, 6.07) is 14.5. The Labute approximate surface area is 179 Å². The zero-order chi connectivity index (χ0) is 21.3. The van der Waals surface area contributed by atoms with Crippen LogP contribution in [-0.4, -0.2) is 49.6 Å². The number of benzene rings is 2. The highest BCUT2D eigenvalue weighted by Gasteiger charge is 2.39. The summed E-state index contributed by atoms with van der Waals surface area (Å²) in [5.41, 5.74) is 1.69. The summed E-state index contributed by atoms with van der Waals surface area (Å²) in [5.74, 6) is 0.451. The topological polar surface area (TPSA) is 79.8 Å². The molecule has 0 N–H and O–H groups in total. The van der Waals surface area contributed by atoms with Crippen molar-refractivity contribution in [3.05, 3.63) is 54.1 Å². The van der Waals surface area contributed by atoms with Crippen LogP contribution >= 0.6 is 11.3 Å². The lowest BCUT2D eigenvalue weighted by atomic mass is 10.1. The average Bonchev–Trinajstić information content (AvgIpc) is 3.38. The Kier molecular flexibility index (Phi) is 5.77. The number of nitrogens with zero attached hydrogens (tertiary/aromatic N) is 3. The summed E-state index contributed by atoms with van der Waals surface area (Å²) in [5, 5.41) is 0.549. The minimum atomic E-state index is -3.47. The highest BCUT2D eigenvalue weighted by atomic mass is 32.2. The molecule has 1 aromatic heterocycles. The predicted molar refractivity (Wildman–Crippen MR) is 118 cm³/mol. The van der Waals surface area contributed by atoms with Crippen LogP contribution in [0.25, 0.3) is 10.2 Å². The summed E-state index contributed by atoms with van der Waals surface area (Å²) in [6.45, 7) is 0.691. The average molecular weight is 446 g/mol. The van der Waals surface area contributed by atoms with Crippen molar-refractivity contribution in [1.29, 1.82) is 0 Å². The summed E-state index contributed by atoms with van der Waals surface area (Å²) in [7, 11) is -1.87. The maximum Gasteiger partial charge on any atom is 0.247 e. The number of ether oxygens (including phenoxy) is 1. The van der Waals surface area contributed by atoms with Gasteiger partial charge < -0.3 is 4.74 Å². The molecule has 2 heterocycles. The minimum Gasteiger partial charge on any atom is -0.497 e. The van der Waals surface area contributed by atoms with Gasteiger partial charge in [0.25, 0.3) is 0 Å². The van der Waals surface area contributed by atoms with Crippen LogP contribution in [0.15, 0.2) is 48.5 Å². The van der Waals surface area contributed by atoms with Gasteiger partial charge in [-0.3, -0.25) is 9.69 Å². The monoisotopic (exact) mass is 445 g/mol. The molecule has 158 valence electrons. The highest BCUT2D eigenvalue weighted by molar-refractivity contribution is 7.88. The molecule has 0 aliphatic carbocycles. The zero-order valence-corrected chi connectivity index (χ0v) is 18.4. The number of carbonyl (C=O) groups is 1. The molecular weight excluding hydrogens is 422 g/mol. The van der Waals surface area contributed by atoms with E-state index in [0.717, 1.165) is 22.0 Å². The summed E-state index contributed by atoms with van der Waals surface area (Å²) < 4.78 is 31.9. The molecule has 0 radical (unpaired) electrons. The molecule has 0 spiro atoms. The molecule has 7 nitrogen and oxygen atoms in total. The standard InChI is InChI=1S/C21H23N3O4S2/c1-28-16-10-11-19-17(13-16)22-21(29-19)23(14-15-7-4-3-5-8-15)20(25)18-9-6-12-24(18)30(2,26)27/h3-5,7-8,10-11,13,18H,6,9,12,14H2,1-2H3/t18-/m1/s1. The van der Waals surface area contributed by atoms with Gasteiger partial charge in [-0.2, -0.15) is 4.31 Å². The Morgan fingerprint density at radius 3 is 2.73 bits per heavy atom. The molecule has 1 aliphatic rings. The molecule has 3 aromatic rings. The van der Waals surface area contributed by atoms with Crippen LogP contribution in [0.1, 0.15) is 18.4 Å². The first-order valence-electron chi connectivity index (χ1n) is 9.63. The van der Waals surface area contributed by atoms with E-state index in [-0.39, 0.29) is 5.91 Å². The lowest BCUT2D eigenvalue weighted by Gasteiger charge is -2.27. The summed E-state index contributed by atoms with van der Waals surface area (Å²) >= 11 is 1.41. The Morgan fingerprint density at radius 1 is 1.27 bits per heavy atom. The van der Waals surface area contributed by atoms with Crippen molar-refractivity contribution in [2.75, 3.05) is 24.8 Å². The summed E-state index contributed by atoms with van der Waals surface area (Å²) in [6.07, 6.45) is 2.33. The number of fused-ring (bicyclic) bond motifs is 1. The van der Waals surface area contributed by atoms with Gasteiger partial charge in [0.15, 0.2) is 5.13 Å². The van der Waals surface area contributed by atoms with Gasteiger partial charge in [-0.15, -0.1) is 0 Å². The van der Waals surface area contributed by atoms with Crippen LogP contribution in [0.4, 0.5) is 5.13 Å². The molecule has 1 saturated heterocycles. The quantitative estimate of drug-likeness (QED) is 0.582. The van der Waals surface area contributed by atoms with Gasteiger partial charge in [0, 0.05) is 12.6 Å². The molecule has 1 atom stereocenters. The van der Waals surface area contributed by atoms with Crippen molar-refractivity contribution < 1.29 is 17.9 Å². The van der Waals surface area contributed by atoms with Gasteiger partial charge in [0.05, 0.1) is 30.1 Å². The van der Waals surface area contributed by atoms with Crippen molar-refractivity contribution in [3.63, 3.8) is 0 Å². The minimum absolute atomic E-state index is 0.243. The Bertz CT molecular complexity index is 1160. The number of hydrogen-bond acceptors (Lipinski definition) is 6. The third-order valence-electron chi connectivity index (χ3n) is 5.18. The van der Waals surface area contributed by atoms with E-state index in [2.05, 4.69) is 4.98 Å². The largest absolute Gasteiger partial charge is 0.497 e. The molecule has 9 heteroatoms. The zero-order valence-electron chi connectivity index (χ0n) is 16.8. The Morgan fingerprint density at radius 2 is 2.03 bits per heavy atom. The number of anilines is 1. The van der Waals surface area contributed by atoms with Crippen molar-refractivity contribution in [3.8, 4) is 5.75 Å². The van der Waals surface area contributed by atoms with Gasteiger partial charge in [-0.25, -0.2) is 13.4 Å². The molecule has 4 rings (SSSR count). The van der Waals surface area contributed by atoms with E-state index in [1.54, 1.807) is 12.0 Å². The van der Waals surface area contributed by atoms with E-state index >= 15 is 0 Å². The molecule has 0 bridgehead atoms. The molecule has 1 aliphatic heterocycles. The van der Waals surface area contributed by atoms with E-state index in [9.17, 15) is 13.2 Å². The lowest BCUT2D eigenvalue weighted by Crippen LogP contribution is -2.47. The van der Waals surface area contributed by atoms with Crippen molar-refractivity contribution in [1.82, 2.24) is 9.29 Å². The number of carbonyl (C=O) groups excluding carboxylic acids is 1. The second-order valence-corrected chi connectivity index (χ2v) is 10.2. The van der Waals surface area contributed by atoms with Crippen LogP contribution in [-0.2, 0) is 21.4 Å². The maximum absolute atomic E-state index is 13.6. The van der Waals surface area contributed by atoms with Crippen LogP contribution in [0, 0.1) is 0 Å². The molecular formula is C21H23N3O4S2. The molecule has 0 unspecified atom stereocenters. The van der Waals surface area contributed by atoms with Crippen LogP contribution in [0.5, 0.6) is 5.75 Å². The van der Waals surface area contributed by atoms with Gasteiger partial charge in [0.1, 0.15) is 11.8 Å². The number of amides is 1. The first kappa shape index (κ1) is 20.8. The second kappa shape index (κ2) is 8.33. The predicted octanol–water partition coefficient (Wildman–Crippen LogP) is 3.26. The fourth-order valence-electron chi connectivity index (χ4n) is 3.71. The van der Waals surface area contributed by atoms with Gasteiger partial charge in [-0.05, 0) is 30.5 Å². The third-order valence-corrected chi connectivity index (χ3v) is 7.53. The highest BCUT2D eigenvalue weighted by Crippen LogP contribution is 2.34. The molecule has 1 amide bonds. The van der Waals surface area contributed by atoms with Gasteiger partial charge >= 0.3 is 0 Å². The fourth-order valence-corrected chi connectivity index (χ4v) is 5.78. The third kappa shape index (κ3) is 4.19. The van der Waals surface area contributed by atoms with Gasteiger partial charge in [-0.1, -0.05) is 41.7 Å². The Balaban J connectivity index is 1.74. The van der Waals surface area contributed by atoms with E-state index in [4.69, 9.17) is 4.74 Å². The number of thiazole rings is 1. The Hall–Kier alpha value is -2.49. The number of aromatic nitrogens is 1. The van der Waals surface area contributed by atoms with E-state index in [1.165, 1.54) is 15.6 Å². The van der Waals surface area contributed by atoms with Crippen molar-refractivity contribution >= 4 is 42.6 Å². The SMILES string of the molecule is COc1ccc2sc(N(Cc3ccccc3)C(=O)[C@H]3CCCN3S(C)(=O)=O)nc2c1. The van der Waals surface area contributed by atoms with E-state index in [0.29, 0.717) is 36.8 Å². The molecule has 2 aromatic carbocycles. The molecule has 30 heavy (non-hydrogen) atoms. The lowest BCUT2D eigenvalue weighted by molar-refractivity contribution is -0.121. The van der Waals surface area contributed by atoms with E-state index < -0.39 is 16.1 Å². The van der Waals surface area contributed by atoms with Crippen LogP contribution in [0.2, 0.25) is 0 Å². The molecule has 1 fully saturated rings. The number of hydrogen-bond donors (Lipinski definition) is 0.